The fourth-order valence-corrected chi connectivity index (χ4v) is 2.51. The van der Waals surface area contributed by atoms with Gasteiger partial charge >= 0.3 is 5.69 Å². The van der Waals surface area contributed by atoms with Crippen molar-refractivity contribution in [2.24, 2.45) is 5.10 Å². The Kier molecular flexibility index (Phi) is 5.01. The maximum Gasteiger partial charge on any atom is 0.301 e. The predicted octanol–water partition coefficient (Wildman–Crippen LogP) is 3.30. The summed E-state index contributed by atoms with van der Waals surface area (Å²) < 4.78 is 1.77. The minimum Gasteiger partial charge on any atom is -0.272 e. The zero-order valence-electron chi connectivity index (χ0n) is 14.2. The molecule has 27 heavy (non-hydrogen) atoms. The average molecular weight is 369 g/mol. The van der Waals surface area contributed by atoms with Crippen molar-refractivity contribution >= 4 is 34.3 Å². The number of nitrogens with one attached hydrogen (secondary N) is 1. The molecule has 1 atom stereocenters. The Bertz CT molecular complexity index is 1030. The van der Waals surface area contributed by atoms with Crippen LogP contribution in [0.1, 0.15) is 19.4 Å². The Morgan fingerprint density at radius 2 is 2.00 bits per heavy atom. The van der Waals surface area contributed by atoms with Gasteiger partial charge in [0, 0.05) is 18.7 Å². The molecule has 11 nitrogen and oxygen atoms in total. The van der Waals surface area contributed by atoms with Crippen LogP contribution >= 0.6 is 0 Å². The molecule has 1 N–H and O–H groups in total. The highest BCUT2D eigenvalue weighted by molar-refractivity contribution is 5.74. The Morgan fingerprint density at radius 3 is 2.74 bits per heavy atom. The highest BCUT2D eigenvalue weighted by atomic mass is 16.6. The van der Waals surface area contributed by atoms with Crippen LogP contribution in [0.25, 0.3) is 11.0 Å². The lowest BCUT2D eigenvalue weighted by Gasteiger charge is -2.09. The number of hydrazone groups is 1. The molecule has 0 spiro atoms. The Balaban J connectivity index is 1.69. The van der Waals surface area contributed by atoms with E-state index >= 15 is 0 Å². The van der Waals surface area contributed by atoms with E-state index < -0.39 is 15.5 Å². The zero-order valence-corrected chi connectivity index (χ0v) is 14.2. The number of nitro groups is 2. The van der Waals surface area contributed by atoms with E-state index in [1.807, 2.05) is 31.2 Å². The molecule has 3 aromatic rings. The molecule has 0 radical (unpaired) electrons. The van der Waals surface area contributed by atoms with Crippen molar-refractivity contribution in [2.75, 3.05) is 5.43 Å². The summed E-state index contributed by atoms with van der Waals surface area (Å²) >= 11 is 0. The molecule has 2 aromatic carbocycles. The molecule has 0 saturated heterocycles. The molecule has 0 fully saturated rings. The van der Waals surface area contributed by atoms with Gasteiger partial charge in [0.05, 0.1) is 27.5 Å². The van der Waals surface area contributed by atoms with Crippen molar-refractivity contribution in [3.8, 4) is 0 Å². The lowest BCUT2D eigenvalue weighted by Crippen LogP contribution is -2.08. The second kappa shape index (κ2) is 7.56. The minimum absolute atomic E-state index is 0.0326. The van der Waals surface area contributed by atoms with Gasteiger partial charge in [-0.05, 0) is 25.1 Å². The standard InChI is InChI=1S/C16H15N7O4/c1-11(21-15-5-3-2-4-13(15)19-20-21)8-9-17-18-14-7-6-12(22(24)25)10-16(14)23(26)27/h2-7,9-11,18H,8H2,1H3/b17-9+. The second-order valence-electron chi connectivity index (χ2n) is 5.75. The molecule has 0 bridgehead atoms. The summed E-state index contributed by atoms with van der Waals surface area (Å²) in [4.78, 5) is 20.4. The topological polar surface area (TPSA) is 141 Å². The van der Waals surface area contributed by atoms with Crippen LogP contribution in [-0.2, 0) is 0 Å². The van der Waals surface area contributed by atoms with Gasteiger partial charge in [-0.25, -0.2) is 4.68 Å². The normalized spacial score (nSPS) is 12.3. The molecule has 1 heterocycles. The molecule has 0 aliphatic carbocycles. The van der Waals surface area contributed by atoms with Gasteiger partial charge in [0.2, 0.25) is 0 Å². The first-order chi connectivity index (χ1) is 13.0. The summed E-state index contributed by atoms with van der Waals surface area (Å²) in [6.07, 6.45) is 2.06. The number of hydrogen-bond acceptors (Lipinski definition) is 8. The lowest BCUT2D eigenvalue weighted by atomic mass is 10.2. The molecule has 0 aliphatic rings. The third kappa shape index (κ3) is 3.86. The number of rotatable bonds is 7. The van der Waals surface area contributed by atoms with Gasteiger partial charge in [-0.1, -0.05) is 17.3 Å². The van der Waals surface area contributed by atoms with Crippen molar-refractivity contribution in [3.05, 3.63) is 62.7 Å². The molecular formula is C16H15N7O4. The van der Waals surface area contributed by atoms with E-state index in [1.54, 1.807) is 10.9 Å². The summed E-state index contributed by atoms with van der Waals surface area (Å²) in [6, 6.07) is 10.9. The Labute approximate surface area is 152 Å². The number of non-ortho nitro benzene ring substituents is 1. The average Bonchev–Trinajstić information content (AvgIpc) is 3.09. The lowest BCUT2D eigenvalue weighted by molar-refractivity contribution is -0.393. The second-order valence-corrected chi connectivity index (χ2v) is 5.75. The van der Waals surface area contributed by atoms with E-state index in [4.69, 9.17) is 0 Å². The Hall–Kier alpha value is -3.89. The van der Waals surface area contributed by atoms with E-state index in [2.05, 4.69) is 20.8 Å². The molecule has 1 aromatic heterocycles. The number of para-hydroxylation sites is 1. The van der Waals surface area contributed by atoms with Crippen LogP contribution in [0.2, 0.25) is 0 Å². The van der Waals surface area contributed by atoms with Gasteiger partial charge in [-0.15, -0.1) is 5.10 Å². The first-order valence-electron chi connectivity index (χ1n) is 7.97. The summed E-state index contributed by atoms with van der Waals surface area (Å²) in [7, 11) is 0. The number of aromatic nitrogens is 3. The number of anilines is 1. The van der Waals surface area contributed by atoms with Crippen molar-refractivity contribution in [1.29, 1.82) is 0 Å². The number of nitro benzene ring substituents is 2. The van der Waals surface area contributed by atoms with Crippen LogP contribution in [0.5, 0.6) is 0 Å². The van der Waals surface area contributed by atoms with Crippen LogP contribution in [0.4, 0.5) is 17.1 Å². The van der Waals surface area contributed by atoms with Crippen LogP contribution in [-0.4, -0.2) is 31.1 Å². The third-order valence-electron chi connectivity index (χ3n) is 3.91. The molecule has 0 saturated carbocycles. The van der Waals surface area contributed by atoms with Crippen molar-refractivity contribution in [3.63, 3.8) is 0 Å². The van der Waals surface area contributed by atoms with Crippen LogP contribution < -0.4 is 5.43 Å². The van der Waals surface area contributed by atoms with Crippen molar-refractivity contribution < 1.29 is 9.85 Å². The smallest absolute Gasteiger partial charge is 0.272 e. The molecular weight excluding hydrogens is 354 g/mol. The fourth-order valence-electron chi connectivity index (χ4n) is 2.51. The van der Waals surface area contributed by atoms with Crippen LogP contribution in [0.15, 0.2) is 47.6 Å². The summed E-state index contributed by atoms with van der Waals surface area (Å²) in [5.41, 5.74) is 3.54. The number of nitrogens with zero attached hydrogens (tertiary/aromatic N) is 6. The van der Waals surface area contributed by atoms with Crippen LogP contribution in [0, 0.1) is 20.2 Å². The molecule has 11 heteroatoms. The zero-order chi connectivity index (χ0) is 19.4. The Morgan fingerprint density at radius 1 is 1.22 bits per heavy atom. The summed E-state index contributed by atoms with van der Waals surface area (Å²) in [5.74, 6) is 0. The van der Waals surface area contributed by atoms with E-state index in [9.17, 15) is 20.2 Å². The van der Waals surface area contributed by atoms with E-state index in [1.165, 1.54) is 12.1 Å². The molecule has 0 aliphatic heterocycles. The van der Waals surface area contributed by atoms with E-state index in [0.717, 1.165) is 17.1 Å². The van der Waals surface area contributed by atoms with Crippen molar-refractivity contribution in [2.45, 2.75) is 19.4 Å². The number of hydrogen-bond donors (Lipinski definition) is 1. The maximum atomic E-state index is 11.1. The monoisotopic (exact) mass is 369 g/mol. The van der Waals surface area contributed by atoms with Crippen molar-refractivity contribution in [1.82, 2.24) is 15.0 Å². The maximum absolute atomic E-state index is 11.1. The molecule has 0 amide bonds. The molecule has 1 unspecified atom stereocenters. The summed E-state index contributed by atoms with van der Waals surface area (Å²) in [5, 5.41) is 34.0. The van der Waals surface area contributed by atoms with Crippen LogP contribution in [0.3, 0.4) is 0 Å². The van der Waals surface area contributed by atoms with Gasteiger partial charge in [-0.2, -0.15) is 5.10 Å². The van der Waals surface area contributed by atoms with Gasteiger partial charge in [0.15, 0.2) is 0 Å². The number of benzene rings is 2. The number of fused-ring (bicyclic) bond motifs is 1. The third-order valence-corrected chi connectivity index (χ3v) is 3.91. The quantitative estimate of drug-likeness (QED) is 0.382. The summed E-state index contributed by atoms with van der Waals surface area (Å²) in [6.45, 7) is 1.95. The fraction of sp³-hybridized carbons (Fsp3) is 0.188. The molecule has 3 rings (SSSR count). The van der Waals surface area contributed by atoms with Gasteiger partial charge in [-0.3, -0.25) is 25.7 Å². The van der Waals surface area contributed by atoms with Gasteiger partial charge in [0.1, 0.15) is 11.2 Å². The first-order valence-corrected chi connectivity index (χ1v) is 7.97. The predicted molar refractivity (Wildman–Crippen MR) is 98.7 cm³/mol. The largest absolute Gasteiger partial charge is 0.301 e. The highest BCUT2D eigenvalue weighted by Crippen LogP contribution is 2.28. The highest BCUT2D eigenvalue weighted by Gasteiger charge is 2.19. The minimum atomic E-state index is -0.699. The molecule has 138 valence electrons. The first kappa shape index (κ1) is 17.9. The van der Waals surface area contributed by atoms with Gasteiger partial charge in [0.25, 0.3) is 5.69 Å². The van der Waals surface area contributed by atoms with E-state index in [0.29, 0.717) is 6.42 Å². The van der Waals surface area contributed by atoms with Gasteiger partial charge < -0.3 is 0 Å². The SMILES string of the molecule is CC(C/C=N/Nc1ccc([N+](=O)[O-])cc1[N+](=O)[O-])n1nnc2ccccc21. The van der Waals surface area contributed by atoms with E-state index in [-0.39, 0.29) is 17.4 Å².